The van der Waals surface area contributed by atoms with Crippen LogP contribution in [0.15, 0.2) is 195 Å². The van der Waals surface area contributed by atoms with E-state index in [0.717, 1.165) is 58.3 Å². The van der Waals surface area contributed by atoms with Crippen LogP contribution in [0.3, 0.4) is 0 Å². The predicted molar refractivity (Wildman–Crippen MR) is 404 cm³/mol. The molecule has 99 heavy (non-hydrogen) atoms. The fourth-order valence-corrected chi connectivity index (χ4v) is 15.2. The van der Waals surface area contributed by atoms with Gasteiger partial charge in [0.25, 0.3) is 0 Å². The first-order valence-electron chi connectivity index (χ1n) is 32.6. The topological polar surface area (TPSA) is 190 Å². The van der Waals surface area contributed by atoms with Crippen molar-refractivity contribution in [2.75, 3.05) is 11.4 Å². The van der Waals surface area contributed by atoms with E-state index in [0.29, 0.717) is 47.8 Å². The van der Waals surface area contributed by atoms with Crippen molar-refractivity contribution < 1.29 is 33.8 Å². The van der Waals surface area contributed by atoms with Gasteiger partial charge < -0.3 is 29.4 Å². The van der Waals surface area contributed by atoms with Crippen LogP contribution in [0.1, 0.15) is 157 Å². The molecular weight excluding hydrogens is 1340 g/mol. The lowest BCUT2D eigenvalue weighted by Crippen LogP contribution is -2.30. The van der Waals surface area contributed by atoms with Crippen molar-refractivity contribution in [3.8, 4) is 0 Å². The smallest absolute Gasteiger partial charge is 0.419 e. The lowest BCUT2D eigenvalue weighted by molar-refractivity contribution is 0.0531. The fraction of sp³-hybridized carbons (Fsp3) is 0.253. The van der Waals surface area contributed by atoms with Crippen LogP contribution in [0.5, 0.6) is 0 Å². The summed E-state index contributed by atoms with van der Waals surface area (Å²) in [6.45, 7) is 22.1. The minimum absolute atomic E-state index is 0.0708. The summed E-state index contributed by atoms with van der Waals surface area (Å²) in [5, 5.41) is 16.1. The molecule has 0 amide bonds. The second-order valence-electron chi connectivity index (χ2n) is 26.5. The van der Waals surface area contributed by atoms with E-state index in [1.165, 1.54) is 81.4 Å². The van der Waals surface area contributed by atoms with E-state index in [4.69, 9.17) is 37.7 Å². The number of hydrogen-bond acceptors (Lipinski definition) is 14. The number of rotatable bonds is 9. The van der Waals surface area contributed by atoms with E-state index >= 15 is 0 Å². The van der Waals surface area contributed by atoms with Gasteiger partial charge in [0.05, 0.1) is 15.9 Å². The molecule has 2 aliphatic rings. The molecule has 7 aromatic heterocycles. The first kappa shape index (κ1) is 71.0. The Morgan fingerprint density at radius 2 is 1.07 bits per heavy atom. The van der Waals surface area contributed by atoms with Crippen LogP contribution in [0, 0.1) is 0 Å². The van der Waals surface area contributed by atoms with Gasteiger partial charge in [-0.3, -0.25) is 18.7 Å². The fourth-order valence-electron chi connectivity index (χ4n) is 12.2. The number of para-hydroxylation sites is 4. The molecule has 0 saturated heterocycles. The molecule has 3 unspecified atom stereocenters. The molecule has 508 valence electrons. The number of nitrogens with zero attached hydrogens (tertiary/aromatic N) is 6. The average Bonchev–Trinajstić information content (AvgIpc) is 1.60. The Labute approximate surface area is 597 Å². The number of H-pyrrole nitrogens is 2. The number of fused-ring (bicyclic) bond motifs is 6. The summed E-state index contributed by atoms with van der Waals surface area (Å²) >= 11 is 16.4. The number of allylic oxidation sites excluding steroid dienone is 2. The van der Waals surface area contributed by atoms with Gasteiger partial charge in [-0.05, 0) is 133 Å². The Hall–Kier alpha value is -9.27. The number of carbonyl (C=O) groups is 4. The van der Waals surface area contributed by atoms with Gasteiger partial charge in [-0.2, -0.15) is 0 Å². The van der Waals surface area contributed by atoms with Crippen LogP contribution < -0.4 is 4.90 Å². The van der Waals surface area contributed by atoms with E-state index in [9.17, 15) is 24.3 Å². The number of aliphatic hydroxyl groups is 1. The normalized spacial score (nSPS) is 13.8. The van der Waals surface area contributed by atoms with Crippen LogP contribution in [0.2, 0.25) is 8.93 Å². The largest absolute Gasteiger partial charge is 0.443 e. The maximum atomic E-state index is 12.6. The molecule has 0 radical (unpaired) electrons. The second-order valence-corrected chi connectivity index (χ2v) is 30.8. The highest BCUT2D eigenvalue weighted by Gasteiger charge is 2.34. The quantitative estimate of drug-likeness (QED) is 0.117. The molecule has 3 N–H and O–H groups in total. The molecule has 13 aromatic rings. The average molecular weight is 1420 g/mol. The molecule has 3 atom stereocenters. The van der Waals surface area contributed by atoms with E-state index in [2.05, 4.69) is 124 Å². The number of ketones is 2. The van der Waals surface area contributed by atoms with E-state index in [-0.39, 0.29) is 11.6 Å². The highest BCUT2D eigenvalue weighted by molar-refractivity contribution is 7.16. The van der Waals surface area contributed by atoms with E-state index in [1.807, 2.05) is 132 Å². The van der Waals surface area contributed by atoms with Gasteiger partial charge in [0.1, 0.15) is 16.8 Å². The molecule has 20 heteroatoms. The number of Topliss-reactive ketones (excluding diaryl/α,β-unsaturated/α-hetero) is 2. The number of thiazole rings is 3. The number of ether oxygens (including phenoxy) is 2. The van der Waals surface area contributed by atoms with Gasteiger partial charge >= 0.3 is 12.2 Å². The number of nitrogens with one attached hydrogen (secondary N) is 2. The van der Waals surface area contributed by atoms with Crippen LogP contribution in [0.25, 0.3) is 49.2 Å². The molecule has 15 rings (SSSR count). The SMILES string of the molecule is CC(=O)c1c[nH]c2ccccc12.CC(=O)c1cn(C(=O)OC(C)(C)C)c2ccccc12.CC(C)(C)OC(=O)n1cc(C(C)(O)c2cnc(Cl)s2)c2ccccc21.CC(C1=CCc2ccccc21)c1cnc(N2CCc3ccccc3C2)s1.CC(c1cnc(Cl)s1)c1c[nH]c2ccccc12. The van der Waals surface area contributed by atoms with Gasteiger partial charge in [-0.25, -0.2) is 24.5 Å². The summed E-state index contributed by atoms with van der Waals surface area (Å²) in [5.41, 5.74) is 11.5. The van der Waals surface area contributed by atoms with Crippen molar-refractivity contribution in [3.63, 3.8) is 0 Å². The number of carbonyl (C=O) groups excluding carboxylic acids is 4. The lowest BCUT2D eigenvalue weighted by Gasteiger charge is -2.28. The first-order valence-corrected chi connectivity index (χ1v) is 35.8. The van der Waals surface area contributed by atoms with Gasteiger partial charge in [0.2, 0.25) is 0 Å². The monoisotopic (exact) mass is 1420 g/mol. The number of anilines is 1. The van der Waals surface area contributed by atoms with Gasteiger partial charge in [-0.1, -0.05) is 164 Å². The molecule has 0 bridgehead atoms. The highest BCUT2D eigenvalue weighted by Crippen LogP contribution is 2.43. The van der Waals surface area contributed by atoms with Crippen molar-refractivity contribution in [1.82, 2.24) is 34.1 Å². The zero-order valence-corrected chi connectivity index (χ0v) is 61.0. The Balaban J connectivity index is 0.000000128. The first-order chi connectivity index (χ1) is 47.2. The molecule has 15 nitrogen and oxygen atoms in total. The summed E-state index contributed by atoms with van der Waals surface area (Å²) < 4.78 is 14.6. The molecule has 0 fully saturated rings. The van der Waals surface area contributed by atoms with Crippen LogP contribution in [-0.4, -0.2) is 80.7 Å². The zero-order valence-electron chi connectivity index (χ0n) is 57.0. The summed E-state index contributed by atoms with van der Waals surface area (Å²) in [5.74, 6) is 0.754. The summed E-state index contributed by atoms with van der Waals surface area (Å²) in [7, 11) is 0. The number of hydrogen-bond donors (Lipinski definition) is 3. The van der Waals surface area contributed by atoms with E-state index in [1.54, 1.807) is 56.0 Å². The highest BCUT2D eigenvalue weighted by atomic mass is 35.5. The molecule has 0 saturated carbocycles. The molecular formula is C79H78Cl2N8O7S3. The zero-order chi connectivity index (χ0) is 70.5. The minimum Gasteiger partial charge on any atom is -0.443 e. The minimum atomic E-state index is -1.34. The Morgan fingerprint density at radius 1 is 0.556 bits per heavy atom. The van der Waals surface area contributed by atoms with E-state index < -0.39 is 29.0 Å². The lowest BCUT2D eigenvalue weighted by atomic mass is 9.94. The van der Waals surface area contributed by atoms with Crippen molar-refractivity contribution in [3.05, 3.63) is 263 Å². The third kappa shape index (κ3) is 16.4. The number of aromatic amines is 2. The number of benzene rings is 6. The second kappa shape index (κ2) is 30.1. The summed E-state index contributed by atoms with van der Waals surface area (Å²) in [6, 6.07) is 48.4. The molecule has 1 aliphatic heterocycles. The van der Waals surface area contributed by atoms with Crippen LogP contribution in [-0.2, 0) is 34.5 Å². The van der Waals surface area contributed by atoms with Crippen molar-refractivity contribution in [2.24, 2.45) is 0 Å². The molecule has 1 aliphatic carbocycles. The maximum absolute atomic E-state index is 12.6. The van der Waals surface area contributed by atoms with Gasteiger partial charge in [0.15, 0.2) is 25.6 Å². The Bertz CT molecular complexity index is 5110. The van der Waals surface area contributed by atoms with Gasteiger partial charge in [0, 0.05) is 127 Å². The Morgan fingerprint density at radius 3 is 1.70 bits per heavy atom. The molecule has 6 aromatic carbocycles. The summed E-state index contributed by atoms with van der Waals surface area (Å²) in [4.78, 5) is 72.3. The Kier molecular flexibility index (Phi) is 21.6. The number of aromatic nitrogens is 7. The molecule has 0 spiro atoms. The van der Waals surface area contributed by atoms with Crippen LogP contribution >= 0.6 is 57.2 Å². The van der Waals surface area contributed by atoms with Crippen LogP contribution in [0.4, 0.5) is 14.7 Å². The standard InChI is InChI=1S/C23H22N2S.C18H19ClN2O3S.C15H17NO3.C13H11ClN2S.C10H9NO/c1-16(20-11-10-18-7-4-5-9-21(18)20)22-14-24-23(26-22)25-13-12-17-6-2-3-8-19(17)15-25;1-17(2,3)24-16(22)21-10-12(11-7-5-6-8-13(11)21)18(4,23)14-9-20-15(19)25-14;1-10(17)12-9-16(14(18)19-15(2,3)4)13-8-6-5-7-11(12)13;1-8(12-7-16-13(14)17-12)10-6-15-11-5-3-2-4-9(10)11;1-7(12)9-6-11-10-5-3-2-4-8(9)10/h2-9,11,14,16H,10,12-13,15H2,1H3;5-10,23H,1-4H3;5-9H,1-4H3;2-8,15H,1H3;2-6,11H,1H3. The predicted octanol–water partition coefficient (Wildman–Crippen LogP) is 20.7. The van der Waals surface area contributed by atoms with Crippen molar-refractivity contribution >= 4 is 135 Å². The van der Waals surface area contributed by atoms with Crippen molar-refractivity contribution in [1.29, 1.82) is 0 Å². The van der Waals surface area contributed by atoms with Gasteiger partial charge in [-0.15, -0.1) is 34.0 Å². The summed E-state index contributed by atoms with van der Waals surface area (Å²) in [6.07, 6.45) is 16.1. The number of halogens is 2. The van der Waals surface area contributed by atoms with Crippen molar-refractivity contribution in [2.45, 2.75) is 124 Å². The third-order valence-electron chi connectivity index (χ3n) is 17.1. The maximum Gasteiger partial charge on any atom is 0.419 e. The molecule has 8 heterocycles. The third-order valence-corrected chi connectivity index (χ3v) is 21.0.